The number of amides is 5. The molecule has 4 fully saturated rings. The number of hydrogen-bond acceptors (Lipinski definition) is 7. The molecule has 3 saturated heterocycles. The number of nitrogens with zero attached hydrogens (tertiary/aromatic N) is 4. The minimum absolute atomic E-state index is 0.104. The first kappa shape index (κ1) is 22.9. The SMILES string of the molecule is CC1CCC2(CC1)NC(=O)N(NC(=O)CN1CCN(CC(=O)N3CCOCC3)CC1)C2=O. The number of piperazine rings is 1. The third-order valence-corrected chi connectivity index (χ3v) is 7.08. The molecule has 2 N–H and O–H groups in total. The lowest BCUT2D eigenvalue weighted by Crippen LogP contribution is -2.55. The van der Waals surface area contributed by atoms with Crippen molar-refractivity contribution in [1.29, 1.82) is 0 Å². The molecule has 11 heteroatoms. The molecule has 3 heterocycles. The molecule has 3 aliphatic heterocycles. The van der Waals surface area contributed by atoms with Gasteiger partial charge in [0.25, 0.3) is 11.8 Å². The molecule has 0 radical (unpaired) electrons. The molecule has 4 aliphatic rings. The fourth-order valence-corrected chi connectivity index (χ4v) is 4.89. The standard InChI is InChI=1S/C21H34N6O5/c1-16-2-4-21(5-3-16)19(30)27(20(31)22-21)23-17(28)14-24-6-8-25(9-7-24)15-18(29)26-10-12-32-13-11-26/h16H,2-15H2,1H3,(H,22,31)(H,23,28). The Morgan fingerprint density at radius 1 is 1.00 bits per heavy atom. The lowest BCUT2D eigenvalue weighted by Gasteiger charge is -2.35. The molecule has 0 bridgehead atoms. The average Bonchev–Trinajstić information content (AvgIpc) is 3.02. The van der Waals surface area contributed by atoms with Crippen molar-refractivity contribution in [1.82, 2.24) is 30.5 Å². The van der Waals surface area contributed by atoms with Gasteiger partial charge < -0.3 is 15.0 Å². The van der Waals surface area contributed by atoms with Crippen LogP contribution in [0.1, 0.15) is 32.6 Å². The number of morpholine rings is 1. The number of urea groups is 1. The number of ether oxygens (including phenoxy) is 1. The summed E-state index contributed by atoms with van der Waals surface area (Å²) in [4.78, 5) is 56.1. The number of hydrogen-bond donors (Lipinski definition) is 2. The molecule has 0 aromatic heterocycles. The van der Waals surface area contributed by atoms with Crippen LogP contribution in [0.5, 0.6) is 0 Å². The van der Waals surface area contributed by atoms with E-state index in [4.69, 9.17) is 4.74 Å². The Kier molecular flexibility index (Phi) is 6.96. The minimum Gasteiger partial charge on any atom is -0.378 e. The van der Waals surface area contributed by atoms with Gasteiger partial charge in [-0.15, -0.1) is 0 Å². The van der Waals surface area contributed by atoms with Gasteiger partial charge >= 0.3 is 6.03 Å². The van der Waals surface area contributed by atoms with E-state index in [1.807, 2.05) is 9.80 Å². The molecular formula is C21H34N6O5. The molecule has 1 spiro atoms. The zero-order valence-corrected chi connectivity index (χ0v) is 18.8. The molecule has 0 unspecified atom stereocenters. The molecule has 178 valence electrons. The van der Waals surface area contributed by atoms with Crippen molar-refractivity contribution < 1.29 is 23.9 Å². The molecule has 0 atom stereocenters. The number of carbonyl (C=O) groups excluding carboxylic acids is 4. The van der Waals surface area contributed by atoms with Gasteiger partial charge in [-0.2, -0.15) is 5.01 Å². The second-order valence-corrected chi connectivity index (χ2v) is 9.42. The van der Waals surface area contributed by atoms with Crippen LogP contribution in [0.2, 0.25) is 0 Å². The van der Waals surface area contributed by atoms with Crippen molar-refractivity contribution in [2.24, 2.45) is 5.92 Å². The van der Waals surface area contributed by atoms with Crippen molar-refractivity contribution in [3.8, 4) is 0 Å². The Bertz CT molecular complexity index is 739. The van der Waals surface area contributed by atoms with Crippen LogP contribution < -0.4 is 10.7 Å². The largest absolute Gasteiger partial charge is 0.378 e. The van der Waals surface area contributed by atoms with Crippen molar-refractivity contribution in [3.05, 3.63) is 0 Å². The van der Waals surface area contributed by atoms with Crippen LogP contribution in [0.3, 0.4) is 0 Å². The zero-order chi connectivity index (χ0) is 22.7. The Morgan fingerprint density at radius 2 is 1.59 bits per heavy atom. The van der Waals surface area contributed by atoms with Crippen LogP contribution >= 0.6 is 0 Å². The molecule has 32 heavy (non-hydrogen) atoms. The Balaban J connectivity index is 1.20. The summed E-state index contributed by atoms with van der Waals surface area (Å²) >= 11 is 0. The molecule has 11 nitrogen and oxygen atoms in total. The summed E-state index contributed by atoms with van der Waals surface area (Å²) in [7, 11) is 0. The first-order valence-electron chi connectivity index (χ1n) is 11.6. The Hall–Kier alpha value is -2.24. The lowest BCUT2D eigenvalue weighted by atomic mass is 9.77. The molecule has 0 aromatic rings. The second kappa shape index (κ2) is 9.72. The first-order valence-corrected chi connectivity index (χ1v) is 11.6. The molecular weight excluding hydrogens is 416 g/mol. The van der Waals surface area contributed by atoms with Crippen molar-refractivity contribution >= 4 is 23.8 Å². The van der Waals surface area contributed by atoms with E-state index >= 15 is 0 Å². The van der Waals surface area contributed by atoms with Crippen molar-refractivity contribution in [2.75, 3.05) is 65.6 Å². The molecule has 1 aliphatic carbocycles. The van der Waals surface area contributed by atoms with Gasteiger partial charge in [-0.1, -0.05) is 6.92 Å². The molecule has 0 aromatic carbocycles. The summed E-state index contributed by atoms with van der Waals surface area (Å²) in [5.74, 6) is -0.0809. The smallest absolute Gasteiger partial charge is 0.344 e. The van der Waals surface area contributed by atoms with Crippen LogP contribution in [0.25, 0.3) is 0 Å². The summed E-state index contributed by atoms with van der Waals surface area (Å²) in [6, 6.07) is -0.552. The van der Waals surface area contributed by atoms with E-state index in [0.29, 0.717) is 77.8 Å². The van der Waals surface area contributed by atoms with Crippen LogP contribution in [-0.4, -0.2) is 115 Å². The topological polar surface area (TPSA) is 115 Å². The van der Waals surface area contributed by atoms with Crippen LogP contribution in [-0.2, 0) is 19.1 Å². The monoisotopic (exact) mass is 450 g/mol. The van der Waals surface area contributed by atoms with E-state index < -0.39 is 11.6 Å². The van der Waals surface area contributed by atoms with E-state index in [-0.39, 0.29) is 24.3 Å². The van der Waals surface area contributed by atoms with Gasteiger partial charge in [0.1, 0.15) is 5.54 Å². The van der Waals surface area contributed by atoms with Gasteiger partial charge in [0, 0.05) is 39.3 Å². The molecule has 4 rings (SSSR count). The summed E-state index contributed by atoms with van der Waals surface area (Å²) in [5, 5.41) is 3.67. The second-order valence-electron chi connectivity index (χ2n) is 9.42. The predicted molar refractivity (Wildman–Crippen MR) is 114 cm³/mol. The number of nitrogens with one attached hydrogen (secondary N) is 2. The summed E-state index contributed by atoms with van der Waals surface area (Å²) < 4.78 is 5.29. The summed E-state index contributed by atoms with van der Waals surface area (Å²) in [5.41, 5.74) is 1.63. The van der Waals surface area contributed by atoms with E-state index in [1.54, 1.807) is 0 Å². The maximum atomic E-state index is 12.9. The van der Waals surface area contributed by atoms with Gasteiger partial charge in [0.15, 0.2) is 0 Å². The highest BCUT2D eigenvalue weighted by Gasteiger charge is 2.52. The highest BCUT2D eigenvalue weighted by Crippen LogP contribution is 2.35. The minimum atomic E-state index is -0.866. The van der Waals surface area contributed by atoms with Gasteiger partial charge in [-0.3, -0.25) is 29.6 Å². The van der Waals surface area contributed by atoms with Gasteiger partial charge in [-0.05, 0) is 31.6 Å². The van der Waals surface area contributed by atoms with Gasteiger partial charge in [-0.25, -0.2) is 4.79 Å². The quantitative estimate of drug-likeness (QED) is 0.516. The average molecular weight is 451 g/mol. The Morgan fingerprint density at radius 3 is 2.22 bits per heavy atom. The van der Waals surface area contributed by atoms with Crippen LogP contribution in [0.4, 0.5) is 4.79 Å². The number of carbonyl (C=O) groups is 4. The normalized spacial score (nSPS) is 30.0. The van der Waals surface area contributed by atoms with Gasteiger partial charge in [0.2, 0.25) is 5.91 Å². The van der Waals surface area contributed by atoms with E-state index in [2.05, 4.69) is 22.6 Å². The highest BCUT2D eigenvalue weighted by molar-refractivity contribution is 6.08. The Labute approximate surface area is 188 Å². The lowest BCUT2D eigenvalue weighted by molar-refractivity contribution is -0.140. The van der Waals surface area contributed by atoms with E-state index in [9.17, 15) is 19.2 Å². The maximum Gasteiger partial charge on any atom is 0.344 e. The van der Waals surface area contributed by atoms with Crippen molar-refractivity contribution in [3.63, 3.8) is 0 Å². The molecule has 5 amide bonds. The first-order chi connectivity index (χ1) is 15.4. The summed E-state index contributed by atoms with van der Waals surface area (Å²) in [6.07, 6.45) is 2.98. The van der Waals surface area contributed by atoms with E-state index in [1.165, 1.54) is 0 Å². The molecule has 1 saturated carbocycles. The third-order valence-electron chi connectivity index (χ3n) is 7.08. The van der Waals surface area contributed by atoms with E-state index in [0.717, 1.165) is 17.9 Å². The third kappa shape index (κ3) is 5.05. The number of rotatable bonds is 5. The van der Waals surface area contributed by atoms with Crippen LogP contribution in [0, 0.1) is 5.92 Å². The van der Waals surface area contributed by atoms with Crippen LogP contribution in [0.15, 0.2) is 0 Å². The maximum absolute atomic E-state index is 12.9. The van der Waals surface area contributed by atoms with Crippen molar-refractivity contribution in [2.45, 2.75) is 38.1 Å². The zero-order valence-electron chi connectivity index (χ0n) is 18.8. The predicted octanol–water partition coefficient (Wildman–Crippen LogP) is -1.01. The number of hydrazine groups is 1. The number of imide groups is 1. The fourth-order valence-electron chi connectivity index (χ4n) is 4.89. The highest BCUT2D eigenvalue weighted by atomic mass is 16.5. The fraction of sp³-hybridized carbons (Fsp3) is 0.810. The van der Waals surface area contributed by atoms with Gasteiger partial charge in [0.05, 0.1) is 26.3 Å². The summed E-state index contributed by atoms with van der Waals surface area (Å²) in [6.45, 7) is 7.75.